The molecule has 4 rings (SSSR count). The maximum absolute atomic E-state index is 13.5. The second-order valence-electron chi connectivity index (χ2n) is 10.7. The van der Waals surface area contributed by atoms with Crippen LogP contribution in [0.1, 0.15) is 58.3 Å². The first-order valence-electron chi connectivity index (χ1n) is 14.7. The smallest absolute Gasteiger partial charge is 0.496 e. The fourth-order valence-electron chi connectivity index (χ4n) is 5.23. The average molecular weight is 585 g/mol. The molecule has 0 unspecified atom stereocenters. The lowest BCUT2D eigenvalue weighted by molar-refractivity contribution is 0.104. The number of aryl methyl sites for hydroxylation is 2. The Morgan fingerprint density at radius 2 is 1.60 bits per heavy atom. The third-order valence-corrected chi connectivity index (χ3v) is 7.19. The van der Waals surface area contributed by atoms with E-state index in [0.29, 0.717) is 34.6 Å². The molecule has 224 valence electrons. The van der Waals surface area contributed by atoms with Gasteiger partial charge in [0.2, 0.25) is 0 Å². The van der Waals surface area contributed by atoms with Crippen molar-refractivity contribution in [2.75, 3.05) is 20.3 Å². The van der Waals surface area contributed by atoms with E-state index in [0.717, 1.165) is 44.2 Å². The molecule has 0 fully saturated rings. The molecule has 4 aromatic carbocycles. The van der Waals surface area contributed by atoms with Crippen molar-refractivity contribution in [3.63, 3.8) is 0 Å². The molecule has 43 heavy (non-hydrogen) atoms. The Kier molecular flexibility index (Phi) is 11.7. The molecule has 0 bridgehead atoms. The largest absolute Gasteiger partial charge is 0.670 e. The molecule has 2 N–H and O–H groups in total. The molecule has 0 saturated carbocycles. The summed E-state index contributed by atoms with van der Waals surface area (Å²) in [6.45, 7) is 6.72. The Bertz CT molecular complexity index is 1520. The monoisotopic (exact) mass is 584 g/mol. The predicted molar refractivity (Wildman–Crippen MR) is 172 cm³/mol. The number of ketones is 1. The van der Waals surface area contributed by atoms with Crippen LogP contribution in [0.2, 0.25) is 0 Å². The highest BCUT2D eigenvalue weighted by atomic mass is 19.2. The topological polar surface area (TPSA) is 59.6 Å². The summed E-state index contributed by atoms with van der Waals surface area (Å²) in [5, 5.41) is 7.21. The zero-order valence-corrected chi connectivity index (χ0v) is 25.1. The number of carbonyl (C=O) groups is 1. The fourth-order valence-corrected chi connectivity index (χ4v) is 5.23. The van der Waals surface area contributed by atoms with E-state index in [2.05, 4.69) is 42.6 Å². The third kappa shape index (κ3) is 9.42. The Hall–Kier alpha value is -4.17. The fraction of sp³-hybridized carbons (Fsp3) is 0.286. The number of benzene rings is 4. The number of hydrogen-bond acceptors (Lipinski definition) is 5. The van der Waals surface area contributed by atoms with Gasteiger partial charge in [0.15, 0.2) is 5.78 Å². The second kappa shape index (κ2) is 15.9. The van der Waals surface area contributed by atoms with Gasteiger partial charge >= 0.3 is 7.40 Å². The third-order valence-electron chi connectivity index (χ3n) is 7.19. The summed E-state index contributed by atoms with van der Waals surface area (Å²) < 4.78 is 38.4. The quantitative estimate of drug-likeness (QED) is 0.0606. The van der Waals surface area contributed by atoms with Gasteiger partial charge in [-0.1, -0.05) is 72.5 Å². The number of ether oxygens (including phenoxy) is 2. The summed E-state index contributed by atoms with van der Waals surface area (Å²) in [4.78, 5) is 13.1. The van der Waals surface area contributed by atoms with E-state index in [4.69, 9.17) is 9.47 Å². The first-order chi connectivity index (χ1) is 20.8. The number of unbranched alkanes of at least 4 members (excludes halogenated alkanes) is 3. The van der Waals surface area contributed by atoms with Gasteiger partial charge in [-0.3, -0.25) is 13.4 Å². The lowest BCUT2D eigenvalue weighted by atomic mass is 9.97. The van der Waals surface area contributed by atoms with Crippen molar-refractivity contribution in [2.45, 2.75) is 46.1 Å². The average Bonchev–Trinajstić information content (AvgIpc) is 2.99. The van der Waals surface area contributed by atoms with Crippen LogP contribution in [0.4, 0.5) is 8.63 Å². The lowest BCUT2D eigenvalue weighted by Crippen LogP contribution is -2.24. The van der Waals surface area contributed by atoms with Gasteiger partial charge in [0.05, 0.1) is 13.7 Å². The molecule has 8 heteroatoms. The Morgan fingerprint density at radius 3 is 2.33 bits per heavy atom. The normalized spacial score (nSPS) is 11.4. The predicted octanol–water partition coefficient (Wildman–Crippen LogP) is 7.93. The van der Waals surface area contributed by atoms with Crippen molar-refractivity contribution >= 4 is 29.7 Å². The van der Waals surface area contributed by atoms with Gasteiger partial charge in [-0.2, -0.15) is 0 Å². The van der Waals surface area contributed by atoms with Crippen LogP contribution in [0.25, 0.3) is 16.5 Å². The van der Waals surface area contributed by atoms with Gasteiger partial charge in [0.1, 0.15) is 11.5 Å². The molecule has 0 heterocycles. The van der Waals surface area contributed by atoms with Gasteiger partial charge in [0.25, 0.3) is 0 Å². The molecule has 0 aliphatic carbocycles. The van der Waals surface area contributed by atoms with Crippen LogP contribution in [-0.4, -0.2) is 33.4 Å². The maximum Gasteiger partial charge on any atom is 0.670 e. The SMILES string of the molecule is COc1ccc2ccccc2c1/C(=C/C(=O)c1ccc(OCCCCCCNCc2cc(C)cc(C)c2)cc1)NB(F)F. The summed E-state index contributed by atoms with van der Waals surface area (Å²) in [6, 6.07) is 24.3. The van der Waals surface area contributed by atoms with Crippen LogP contribution in [-0.2, 0) is 6.54 Å². The zero-order chi connectivity index (χ0) is 30.6. The van der Waals surface area contributed by atoms with Crippen LogP contribution in [0.5, 0.6) is 11.5 Å². The van der Waals surface area contributed by atoms with Crippen LogP contribution in [0.3, 0.4) is 0 Å². The van der Waals surface area contributed by atoms with Gasteiger partial charge in [0, 0.05) is 29.4 Å². The lowest BCUT2D eigenvalue weighted by Gasteiger charge is -2.16. The number of rotatable bonds is 16. The highest BCUT2D eigenvalue weighted by Crippen LogP contribution is 2.33. The Balaban J connectivity index is 1.26. The highest BCUT2D eigenvalue weighted by Gasteiger charge is 2.21. The molecule has 0 spiro atoms. The summed E-state index contributed by atoms with van der Waals surface area (Å²) >= 11 is 0. The number of methoxy groups -OCH3 is 1. The van der Waals surface area contributed by atoms with Crippen molar-refractivity contribution in [1.29, 1.82) is 0 Å². The molecule has 0 saturated heterocycles. The van der Waals surface area contributed by atoms with Gasteiger partial charge < -0.3 is 20.0 Å². The van der Waals surface area contributed by atoms with E-state index in [1.54, 1.807) is 30.3 Å². The summed E-state index contributed by atoms with van der Waals surface area (Å²) in [5.74, 6) is 0.649. The van der Waals surface area contributed by atoms with Gasteiger partial charge in [-0.15, -0.1) is 0 Å². The molecule has 0 aliphatic rings. The molecule has 4 aromatic rings. The van der Waals surface area contributed by atoms with E-state index in [1.807, 2.05) is 30.3 Å². The first kappa shape index (κ1) is 31.8. The van der Waals surface area contributed by atoms with E-state index < -0.39 is 13.2 Å². The van der Waals surface area contributed by atoms with E-state index in [9.17, 15) is 13.4 Å². The van der Waals surface area contributed by atoms with Gasteiger partial charge in [-0.05, 0) is 79.9 Å². The highest BCUT2D eigenvalue weighted by molar-refractivity contribution is 6.42. The maximum atomic E-state index is 13.5. The molecule has 0 amide bonds. The minimum absolute atomic E-state index is 0.00515. The number of allylic oxidation sites excluding steroid dienone is 1. The molecule has 5 nitrogen and oxygen atoms in total. The molecular formula is C35H39BF2N2O3. The molecule has 0 aliphatic heterocycles. The van der Waals surface area contributed by atoms with E-state index in [1.165, 1.54) is 29.9 Å². The second-order valence-corrected chi connectivity index (χ2v) is 10.7. The summed E-state index contributed by atoms with van der Waals surface area (Å²) in [6.07, 6.45) is 5.45. The molecule has 0 aromatic heterocycles. The summed E-state index contributed by atoms with van der Waals surface area (Å²) in [5.41, 5.74) is 4.69. The Labute approximate surface area is 253 Å². The minimum Gasteiger partial charge on any atom is -0.496 e. The number of halogens is 2. The molecular weight excluding hydrogens is 545 g/mol. The van der Waals surface area contributed by atoms with Crippen molar-refractivity contribution in [3.05, 3.63) is 113 Å². The van der Waals surface area contributed by atoms with E-state index >= 15 is 0 Å². The minimum atomic E-state index is -2.86. The van der Waals surface area contributed by atoms with Crippen LogP contribution in [0, 0.1) is 13.8 Å². The number of hydrogen-bond donors (Lipinski definition) is 2. The standard InChI is InChI=1S/C35H39BF2N2O3/c1-25-20-26(2)22-27(21-25)24-39-18-8-4-5-9-19-43-30-15-12-29(13-16-30)33(41)23-32(40-36(37)38)35-31-11-7-6-10-28(31)14-17-34(35)42-3/h6-7,10-17,20-23,39-40H,4-5,8-9,18-19,24H2,1-3H3/b32-23-. The Morgan fingerprint density at radius 1 is 0.884 bits per heavy atom. The van der Waals surface area contributed by atoms with Crippen LogP contribution in [0.15, 0.2) is 84.9 Å². The molecule has 0 radical (unpaired) electrons. The van der Waals surface area contributed by atoms with Crippen LogP contribution < -0.4 is 20.0 Å². The van der Waals surface area contributed by atoms with Crippen molar-refractivity contribution < 1.29 is 22.9 Å². The number of fused-ring (bicyclic) bond motifs is 1. The summed E-state index contributed by atoms with van der Waals surface area (Å²) in [7, 11) is -1.39. The van der Waals surface area contributed by atoms with Crippen molar-refractivity contribution in [3.8, 4) is 11.5 Å². The van der Waals surface area contributed by atoms with Gasteiger partial charge in [-0.25, -0.2) is 0 Å². The zero-order valence-electron chi connectivity index (χ0n) is 25.1. The first-order valence-corrected chi connectivity index (χ1v) is 14.7. The molecule has 0 atom stereocenters. The number of nitrogens with one attached hydrogen (secondary N) is 2. The van der Waals surface area contributed by atoms with E-state index in [-0.39, 0.29) is 5.70 Å². The van der Waals surface area contributed by atoms with Crippen molar-refractivity contribution in [2.24, 2.45) is 0 Å². The van der Waals surface area contributed by atoms with Crippen molar-refractivity contribution in [1.82, 2.24) is 10.5 Å². The van der Waals surface area contributed by atoms with Crippen LogP contribution >= 0.6 is 0 Å². The number of carbonyl (C=O) groups excluding carboxylic acids is 1.